The number of thiophene rings is 1. The van der Waals surface area contributed by atoms with Crippen LogP contribution >= 0.6 is 11.3 Å². The maximum Gasteiger partial charge on any atom is 0.0626 e. The Balaban J connectivity index is 2.62. The summed E-state index contributed by atoms with van der Waals surface area (Å²) in [5, 5.41) is 4.74. The topological polar surface area (TPSA) is 64.9 Å². The van der Waals surface area contributed by atoms with Gasteiger partial charge in [-0.05, 0) is 11.6 Å². The molecule has 0 saturated heterocycles. The van der Waals surface area contributed by atoms with Crippen LogP contribution in [0, 0.1) is 0 Å². The maximum absolute atomic E-state index is 8.37. The summed E-state index contributed by atoms with van der Waals surface area (Å²) in [5.41, 5.74) is 9.47. The Morgan fingerprint density at radius 2 is 2.38 bits per heavy atom. The minimum Gasteiger partial charge on any atom is -0.376 e. The minimum absolute atomic E-state index is 0.392. The van der Waals surface area contributed by atoms with Crippen molar-refractivity contribution >= 4 is 27.1 Å². The fourth-order valence-corrected chi connectivity index (χ4v) is 2.84. The first-order valence-corrected chi connectivity index (χ1v) is 5.59. The second-order valence-electron chi connectivity index (χ2n) is 3.53. The molecular formula is C10H11N5S. The van der Waals surface area contributed by atoms with Crippen molar-refractivity contribution in [3.05, 3.63) is 33.8 Å². The van der Waals surface area contributed by atoms with Gasteiger partial charge in [0.05, 0.1) is 12.2 Å². The van der Waals surface area contributed by atoms with Crippen molar-refractivity contribution in [1.29, 1.82) is 0 Å². The number of rotatable bonds is 3. The van der Waals surface area contributed by atoms with Crippen molar-refractivity contribution in [3.8, 4) is 0 Å². The molecule has 0 aliphatic rings. The summed E-state index contributed by atoms with van der Waals surface area (Å²) in [4.78, 5) is 10.0. The van der Waals surface area contributed by atoms with Gasteiger partial charge in [-0.3, -0.25) is 4.98 Å². The van der Waals surface area contributed by atoms with Gasteiger partial charge in [-0.15, -0.1) is 11.3 Å². The zero-order valence-electron chi connectivity index (χ0n) is 9.08. The van der Waals surface area contributed by atoms with Crippen LogP contribution < -0.4 is 4.90 Å². The molecule has 2 aromatic heterocycles. The third kappa shape index (κ3) is 1.80. The first-order chi connectivity index (χ1) is 7.74. The molecule has 0 aromatic carbocycles. The molecule has 0 amide bonds. The zero-order chi connectivity index (χ0) is 11.5. The Hall–Kier alpha value is -1.78. The van der Waals surface area contributed by atoms with E-state index >= 15 is 0 Å². The Morgan fingerprint density at radius 3 is 3.06 bits per heavy atom. The van der Waals surface area contributed by atoms with Gasteiger partial charge in [0.15, 0.2) is 0 Å². The van der Waals surface area contributed by atoms with E-state index in [1.807, 2.05) is 31.3 Å². The number of pyridine rings is 1. The molecule has 0 bridgehead atoms. The molecule has 5 nitrogen and oxygen atoms in total. The molecule has 0 unspecified atom stereocenters. The second-order valence-corrected chi connectivity index (χ2v) is 4.67. The van der Waals surface area contributed by atoms with E-state index in [2.05, 4.69) is 15.0 Å². The fourth-order valence-electron chi connectivity index (χ4n) is 1.67. The summed E-state index contributed by atoms with van der Waals surface area (Å²) in [6, 6.07) is 1.98. The average Bonchev–Trinajstić information content (AvgIpc) is 2.64. The maximum atomic E-state index is 8.37. The highest BCUT2D eigenvalue weighted by molar-refractivity contribution is 7.19. The molecule has 2 rings (SSSR count). The molecule has 2 aromatic rings. The summed E-state index contributed by atoms with van der Waals surface area (Å²) >= 11 is 1.65. The molecule has 0 saturated carbocycles. The molecule has 6 heteroatoms. The molecule has 82 valence electrons. The number of hydrogen-bond donors (Lipinski definition) is 0. The monoisotopic (exact) mass is 233 g/mol. The van der Waals surface area contributed by atoms with E-state index in [-0.39, 0.29) is 0 Å². The van der Waals surface area contributed by atoms with E-state index in [4.69, 9.17) is 5.53 Å². The van der Waals surface area contributed by atoms with Crippen LogP contribution in [0.2, 0.25) is 0 Å². The van der Waals surface area contributed by atoms with Crippen LogP contribution in [0.15, 0.2) is 23.6 Å². The highest BCUT2D eigenvalue weighted by Crippen LogP contribution is 2.37. The van der Waals surface area contributed by atoms with E-state index in [0.29, 0.717) is 6.54 Å². The van der Waals surface area contributed by atoms with E-state index in [1.54, 1.807) is 17.5 Å². The highest BCUT2D eigenvalue weighted by Gasteiger charge is 2.12. The molecule has 2 heterocycles. The van der Waals surface area contributed by atoms with Gasteiger partial charge in [0.2, 0.25) is 0 Å². The fraction of sp³-hybridized carbons (Fsp3) is 0.300. The molecule has 0 aliphatic heterocycles. The average molecular weight is 233 g/mol. The van der Waals surface area contributed by atoms with Crippen molar-refractivity contribution < 1.29 is 0 Å². The van der Waals surface area contributed by atoms with Crippen LogP contribution in [0.5, 0.6) is 0 Å². The second kappa shape index (κ2) is 4.38. The SMILES string of the molecule is CN(C)c1c(CN=[N+]=[N-])sc2ccncc12. The molecule has 0 radical (unpaired) electrons. The summed E-state index contributed by atoms with van der Waals surface area (Å²) in [6.45, 7) is 0.392. The van der Waals surface area contributed by atoms with Crippen LogP contribution in [0.1, 0.15) is 4.88 Å². The number of hydrogen-bond acceptors (Lipinski definition) is 4. The standard InChI is InChI=1S/C10H11N5S/c1-15(2)10-7-5-12-4-3-8(7)16-9(10)6-13-14-11/h3-5H,6H2,1-2H3. The summed E-state index contributed by atoms with van der Waals surface area (Å²) in [6.07, 6.45) is 3.62. The lowest BCUT2D eigenvalue weighted by Crippen LogP contribution is -2.09. The lowest BCUT2D eigenvalue weighted by molar-refractivity contribution is 1.05. The molecule has 0 fully saturated rings. The number of azide groups is 1. The Bertz CT molecular complexity index is 553. The Labute approximate surface area is 97.0 Å². The molecule has 0 N–H and O–H groups in total. The van der Waals surface area contributed by atoms with E-state index in [0.717, 1.165) is 16.0 Å². The van der Waals surface area contributed by atoms with Crippen LogP contribution in [0.25, 0.3) is 20.5 Å². The lowest BCUT2D eigenvalue weighted by Gasteiger charge is -2.13. The Kier molecular flexibility index (Phi) is 2.94. The van der Waals surface area contributed by atoms with Gasteiger partial charge in [-0.1, -0.05) is 5.11 Å². The van der Waals surface area contributed by atoms with E-state index in [9.17, 15) is 0 Å². The van der Waals surface area contributed by atoms with E-state index < -0.39 is 0 Å². The quantitative estimate of drug-likeness (QED) is 0.464. The minimum atomic E-state index is 0.392. The van der Waals surface area contributed by atoms with Crippen molar-refractivity contribution in [3.63, 3.8) is 0 Å². The molecule has 0 atom stereocenters. The largest absolute Gasteiger partial charge is 0.376 e. The molecule has 16 heavy (non-hydrogen) atoms. The third-order valence-electron chi connectivity index (χ3n) is 2.26. The van der Waals surface area contributed by atoms with Gasteiger partial charge < -0.3 is 4.90 Å². The summed E-state index contributed by atoms with van der Waals surface area (Å²) in [7, 11) is 3.96. The van der Waals surface area contributed by atoms with Crippen molar-refractivity contribution in [1.82, 2.24) is 4.98 Å². The number of nitrogens with zero attached hydrogens (tertiary/aromatic N) is 5. The number of aromatic nitrogens is 1. The predicted octanol–water partition coefficient (Wildman–Crippen LogP) is 3.17. The zero-order valence-corrected chi connectivity index (χ0v) is 9.90. The van der Waals surface area contributed by atoms with Gasteiger partial charge >= 0.3 is 0 Å². The lowest BCUT2D eigenvalue weighted by atomic mass is 10.2. The molecular weight excluding hydrogens is 222 g/mol. The van der Waals surface area contributed by atoms with Gasteiger partial charge in [-0.25, -0.2) is 0 Å². The van der Waals surface area contributed by atoms with Crippen molar-refractivity contribution in [2.75, 3.05) is 19.0 Å². The van der Waals surface area contributed by atoms with Gasteiger partial charge in [0.25, 0.3) is 0 Å². The van der Waals surface area contributed by atoms with Crippen LogP contribution in [0.4, 0.5) is 5.69 Å². The first kappa shape index (κ1) is 10.7. The number of fused-ring (bicyclic) bond motifs is 1. The van der Waals surface area contributed by atoms with Crippen molar-refractivity contribution in [2.24, 2.45) is 5.11 Å². The first-order valence-electron chi connectivity index (χ1n) is 4.77. The van der Waals surface area contributed by atoms with Crippen molar-refractivity contribution in [2.45, 2.75) is 6.54 Å². The van der Waals surface area contributed by atoms with Crippen LogP contribution in [0.3, 0.4) is 0 Å². The Morgan fingerprint density at radius 1 is 1.56 bits per heavy atom. The highest BCUT2D eigenvalue weighted by atomic mass is 32.1. The third-order valence-corrected chi connectivity index (χ3v) is 3.40. The van der Waals surface area contributed by atoms with Gasteiger partial charge in [0.1, 0.15) is 0 Å². The van der Waals surface area contributed by atoms with Gasteiger partial charge in [-0.2, -0.15) is 0 Å². The van der Waals surface area contributed by atoms with Crippen LogP contribution in [-0.2, 0) is 6.54 Å². The number of anilines is 1. The smallest absolute Gasteiger partial charge is 0.0626 e. The normalized spacial score (nSPS) is 10.1. The summed E-state index contributed by atoms with van der Waals surface area (Å²) in [5.74, 6) is 0. The predicted molar refractivity (Wildman–Crippen MR) is 66.8 cm³/mol. The molecule has 0 aliphatic carbocycles. The van der Waals surface area contributed by atoms with Gasteiger partial charge in [0, 0.05) is 46.4 Å². The van der Waals surface area contributed by atoms with Crippen LogP contribution in [-0.4, -0.2) is 19.1 Å². The molecule has 0 spiro atoms. The summed E-state index contributed by atoms with van der Waals surface area (Å²) < 4.78 is 1.17. The van der Waals surface area contributed by atoms with E-state index in [1.165, 1.54) is 4.70 Å².